The lowest BCUT2D eigenvalue weighted by Crippen LogP contribution is -1.99. The van der Waals surface area contributed by atoms with E-state index in [9.17, 15) is 0 Å². The quantitative estimate of drug-likeness (QED) is 0.450. The van der Waals surface area contributed by atoms with Crippen LogP contribution in [0.2, 0.25) is 0 Å². The first-order chi connectivity index (χ1) is 13.0. The van der Waals surface area contributed by atoms with Gasteiger partial charge in [-0.05, 0) is 65.3 Å². The molecule has 0 unspecified atom stereocenters. The molecule has 0 radical (unpaired) electrons. The third-order valence-corrected chi connectivity index (χ3v) is 4.52. The fraction of sp³-hybridized carbons (Fsp3) is 0.111. The van der Waals surface area contributed by atoms with Gasteiger partial charge in [-0.3, -0.25) is 0 Å². The Bertz CT molecular complexity index is 931. The van der Waals surface area contributed by atoms with E-state index in [2.05, 4.69) is 75.2 Å². The Morgan fingerprint density at radius 3 is 2.07 bits per heavy atom. The molecule has 0 atom stereocenters. The van der Waals surface area contributed by atoms with Gasteiger partial charge in [0.15, 0.2) is 0 Å². The van der Waals surface area contributed by atoms with E-state index in [0.717, 1.165) is 33.4 Å². The van der Waals surface area contributed by atoms with Gasteiger partial charge in [0.1, 0.15) is 0 Å². The molecule has 0 amide bonds. The second-order valence-corrected chi connectivity index (χ2v) is 6.56. The normalized spacial score (nSPS) is 12.6. The molecule has 0 bridgehead atoms. The first-order valence-electron chi connectivity index (χ1n) is 9.17. The number of benzene rings is 2. The molecule has 0 saturated carbocycles. The summed E-state index contributed by atoms with van der Waals surface area (Å²) in [6.45, 7) is 18.6. The summed E-state index contributed by atoms with van der Waals surface area (Å²) >= 11 is 0. The monoisotopic (exact) mass is 352 g/mol. The molecular weight excluding hydrogens is 324 g/mol. The lowest BCUT2D eigenvalue weighted by Gasteiger charge is -2.19. The van der Waals surface area contributed by atoms with E-state index in [-0.39, 0.29) is 0 Å². The average Bonchev–Trinajstić information content (AvgIpc) is 2.67. The van der Waals surface area contributed by atoms with Crippen molar-refractivity contribution in [2.24, 2.45) is 0 Å². The van der Waals surface area contributed by atoms with Crippen LogP contribution in [0.1, 0.15) is 30.5 Å². The first-order valence-corrected chi connectivity index (χ1v) is 9.17. The second kappa shape index (κ2) is 9.54. The minimum atomic E-state index is 0.936. The number of hydrogen-bond donors (Lipinski definition) is 0. The van der Waals surface area contributed by atoms with Crippen LogP contribution >= 0.6 is 0 Å². The van der Waals surface area contributed by atoms with Crippen molar-refractivity contribution in [2.75, 3.05) is 0 Å². The van der Waals surface area contributed by atoms with Crippen LogP contribution in [-0.4, -0.2) is 0 Å². The van der Waals surface area contributed by atoms with E-state index in [1.54, 1.807) is 0 Å². The molecule has 136 valence electrons. The van der Waals surface area contributed by atoms with Crippen LogP contribution in [-0.2, 0) is 0 Å². The van der Waals surface area contributed by atoms with E-state index < -0.39 is 0 Å². The van der Waals surface area contributed by atoms with Gasteiger partial charge in [0.25, 0.3) is 0 Å². The second-order valence-electron chi connectivity index (χ2n) is 6.56. The predicted octanol–water partition coefficient (Wildman–Crippen LogP) is 7.62. The van der Waals surface area contributed by atoms with Crippen LogP contribution in [0.3, 0.4) is 0 Å². The molecule has 0 spiro atoms. The molecule has 0 heterocycles. The summed E-state index contributed by atoms with van der Waals surface area (Å²) < 4.78 is 0. The van der Waals surface area contributed by atoms with Crippen LogP contribution in [0.5, 0.6) is 0 Å². The molecule has 0 fully saturated rings. The molecule has 0 aliphatic carbocycles. The maximum Gasteiger partial charge on any atom is -0.00279 e. The van der Waals surface area contributed by atoms with E-state index in [1.165, 1.54) is 11.1 Å². The standard InChI is InChI=1S/C27H28/c1-7-23(8-2)19-18-22(6)26(20(3)4)27(24-15-10-9-11-16-24)25-17-13-12-14-21(25)5/h7-19H,1,3,6H2,2,4-5H3/b19-18+,23-8+,27-26+. The molecule has 0 N–H and O–H groups in total. The Morgan fingerprint density at radius 2 is 1.52 bits per heavy atom. The number of hydrogen-bond acceptors (Lipinski definition) is 0. The molecule has 0 aliphatic heterocycles. The summed E-state index contributed by atoms with van der Waals surface area (Å²) in [6.07, 6.45) is 7.95. The zero-order chi connectivity index (χ0) is 19.8. The highest BCUT2D eigenvalue weighted by Gasteiger charge is 2.15. The highest BCUT2D eigenvalue weighted by atomic mass is 14.2. The highest BCUT2D eigenvalue weighted by Crippen LogP contribution is 2.35. The summed E-state index contributed by atoms with van der Waals surface area (Å²) in [6, 6.07) is 18.9. The van der Waals surface area contributed by atoms with Crippen molar-refractivity contribution in [3.63, 3.8) is 0 Å². The fourth-order valence-electron chi connectivity index (χ4n) is 3.10. The molecule has 2 rings (SSSR count). The Balaban J connectivity index is 2.75. The number of aryl methyl sites for hydroxylation is 1. The van der Waals surface area contributed by atoms with Crippen molar-refractivity contribution in [1.82, 2.24) is 0 Å². The largest absolute Gasteiger partial charge is 0.0985 e. The topological polar surface area (TPSA) is 0 Å². The maximum absolute atomic E-state index is 4.35. The van der Waals surface area contributed by atoms with Crippen molar-refractivity contribution in [1.29, 1.82) is 0 Å². The fourth-order valence-corrected chi connectivity index (χ4v) is 3.10. The van der Waals surface area contributed by atoms with Crippen LogP contribution in [0.15, 0.2) is 121 Å². The van der Waals surface area contributed by atoms with Gasteiger partial charge in [-0.2, -0.15) is 0 Å². The van der Waals surface area contributed by atoms with Gasteiger partial charge in [0.2, 0.25) is 0 Å². The predicted molar refractivity (Wildman–Crippen MR) is 121 cm³/mol. The summed E-state index contributed by atoms with van der Waals surface area (Å²) in [7, 11) is 0. The van der Waals surface area contributed by atoms with Crippen LogP contribution in [0.4, 0.5) is 0 Å². The van der Waals surface area contributed by atoms with E-state index in [4.69, 9.17) is 0 Å². The van der Waals surface area contributed by atoms with Gasteiger partial charge in [-0.25, -0.2) is 0 Å². The summed E-state index contributed by atoms with van der Waals surface area (Å²) in [5.41, 5.74) is 8.82. The van der Waals surface area contributed by atoms with Gasteiger partial charge in [-0.1, -0.05) is 98.6 Å². The third kappa shape index (κ3) is 4.95. The van der Waals surface area contributed by atoms with E-state index >= 15 is 0 Å². The van der Waals surface area contributed by atoms with Crippen LogP contribution in [0, 0.1) is 6.92 Å². The van der Waals surface area contributed by atoms with Crippen molar-refractivity contribution in [2.45, 2.75) is 20.8 Å². The van der Waals surface area contributed by atoms with Gasteiger partial charge >= 0.3 is 0 Å². The number of rotatable bonds is 7. The zero-order valence-corrected chi connectivity index (χ0v) is 16.6. The van der Waals surface area contributed by atoms with Crippen LogP contribution in [0.25, 0.3) is 5.57 Å². The van der Waals surface area contributed by atoms with Gasteiger partial charge in [0.05, 0.1) is 0 Å². The first kappa shape index (κ1) is 20.2. The zero-order valence-electron chi connectivity index (χ0n) is 16.6. The maximum atomic E-state index is 4.35. The highest BCUT2D eigenvalue weighted by molar-refractivity contribution is 5.89. The van der Waals surface area contributed by atoms with E-state index in [1.807, 2.05) is 44.2 Å². The smallest absolute Gasteiger partial charge is 0.00279 e. The Hall–Kier alpha value is -3.12. The molecule has 27 heavy (non-hydrogen) atoms. The lowest BCUT2D eigenvalue weighted by molar-refractivity contribution is 1.35. The van der Waals surface area contributed by atoms with Crippen LogP contribution < -0.4 is 0 Å². The van der Waals surface area contributed by atoms with Gasteiger partial charge < -0.3 is 0 Å². The summed E-state index contributed by atoms with van der Waals surface area (Å²) in [5.74, 6) is 0. The minimum absolute atomic E-state index is 0.936. The Morgan fingerprint density at radius 1 is 0.889 bits per heavy atom. The summed E-state index contributed by atoms with van der Waals surface area (Å²) in [5, 5.41) is 0. The van der Waals surface area contributed by atoms with E-state index in [0.29, 0.717) is 0 Å². The Kier molecular flexibility index (Phi) is 7.14. The SMILES string of the molecule is C=CC(/C=C/C(=C)/C(C(=C)C)=C(\c1ccccc1)c1ccccc1C)=C\C. The van der Waals surface area contributed by atoms with Crippen molar-refractivity contribution in [3.05, 3.63) is 138 Å². The molecule has 2 aromatic rings. The molecular formula is C27H28. The molecule has 2 aromatic carbocycles. The minimum Gasteiger partial charge on any atom is -0.0985 e. The Labute approximate surface area is 164 Å². The van der Waals surface area contributed by atoms with Crippen molar-refractivity contribution >= 4 is 5.57 Å². The van der Waals surface area contributed by atoms with Crippen molar-refractivity contribution < 1.29 is 0 Å². The average molecular weight is 353 g/mol. The van der Waals surface area contributed by atoms with Crippen molar-refractivity contribution in [3.8, 4) is 0 Å². The lowest BCUT2D eigenvalue weighted by atomic mass is 9.85. The molecule has 0 aromatic heterocycles. The van der Waals surface area contributed by atoms with Gasteiger partial charge in [-0.15, -0.1) is 0 Å². The summed E-state index contributed by atoms with van der Waals surface area (Å²) in [4.78, 5) is 0. The molecule has 0 heteroatoms. The molecule has 0 saturated heterocycles. The third-order valence-electron chi connectivity index (χ3n) is 4.52. The molecule has 0 aliphatic rings. The number of allylic oxidation sites excluding steroid dienone is 8. The molecule has 0 nitrogen and oxygen atoms in total. The van der Waals surface area contributed by atoms with Gasteiger partial charge in [0, 0.05) is 0 Å².